The number of anilines is 1. The van der Waals surface area contributed by atoms with E-state index in [2.05, 4.69) is 5.32 Å². The van der Waals surface area contributed by atoms with Gasteiger partial charge in [-0.25, -0.2) is 0 Å². The molecular formula is C20H16F3NO4. The Morgan fingerprint density at radius 2 is 1.79 bits per heavy atom. The highest BCUT2D eigenvalue weighted by Crippen LogP contribution is 2.33. The number of nitrogens with one attached hydrogen (secondary N) is 1. The van der Waals surface area contributed by atoms with Gasteiger partial charge in [0.1, 0.15) is 17.3 Å². The van der Waals surface area contributed by atoms with E-state index < -0.39 is 17.6 Å². The summed E-state index contributed by atoms with van der Waals surface area (Å²) in [6.45, 7) is 0. The number of hydrogen-bond acceptors (Lipinski definition) is 4. The quantitative estimate of drug-likeness (QED) is 0.647. The Balaban J connectivity index is 1.84. The lowest BCUT2D eigenvalue weighted by atomic mass is 10.1. The van der Waals surface area contributed by atoms with E-state index >= 15 is 0 Å². The SMILES string of the molecule is COc1ccc(OC)c(NC(=O)c2ccc(-c3cccc(C(F)(F)F)c3)o2)c1. The molecule has 5 nitrogen and oxygen atoms in total. The second kappa shape index (κ2) is 7.67. The van der Waals surface area contributed by atoms with Gasteiger partial charge >= 0.3 is 6.18 Å². The second-order valence-corrected chi connectivity index (χ2v) is 5.76. The molecule has 1 amide bonds. The number of carbonyl (C=O) groups excluding carboxylic acids is 1. The summed E-state index contributed by atoms with van der Waals surface area (Å²) in [5, 5.41) is 2.64. The number of halogens is 3. The van der Waals surface area contributed by atoms with Gasteiger partial charge in [-0.1, -0.05) is 12.1 Å². The number of methoxy groups -OCH3 is 2. The molecule has 1 aromatic heterocycles. The van der Waals surface area contributed by atoms with Gasteiger partial charge in [0, 0.05) is 11.6 Å². The van der Waals surface area contributed by atoms with Gasteiger partial charge in [0.15, 0.2) is 5.76 Å². The van der Waals surface area contributed by atoms with E-state index in [0.717, 1.165) is 12.1 Å². The molecule has 0 radical (unpaired) electrons. The smallest absolute Gasteiger partial charge is 0.416 e. The fourth-order valence-electron chi connectivity index (χ4n) is 2.56. The number of alkyl halides is 3. The van der Waals surface area contributed by atoms with Crippen LogP contribution in [0.5, 0.6) is 11.5 Å². The number of amides is 1. The van der Waals surface area contributed by atoms with Crippen LogP contribution in [0.25, 0.3) is 11.3 Å². The Kier molecular flexibility index (Phi) is 5.30. The van der Waals surface area contributed by atoms with Crippen LogP contribution in [0.1, 0.15) is 16.1 Å². The van der Waals surface area contributed by atoms with Crippen molar-refractivity contribution in [2.75, 3.05) is 19.5 Å². The van der Waals surface area contributed by atoms with Crippen LogP contribution in [0.2, 0.25) is 0 Å². The van der Waals surface area contributed by atoms with Gasteiger partial charge in [0.25, 0.3) is 5.91 Å². The first-order valence-corrected chi connectivity index (χ1v) is 8.12. The summed E-state index contributed by atoms with van der Waals surface area (Å²) in [5.74, 6) is 0.440. The number of ether oxygens (including phenoxy) is 2. The normalized spacial score (nSPS) is 11.2. The van der Waals surface area contributed by atoms with Crippen molar-refractivity contribution in [3.63, 3.8) is 0 Å². The van der Waals surface area contributed by atoms with Crippen LogP contribution in [-0.4, -0.2) is 20.1 Å². The number of hydrogen-bond donors (Lipinski definition) is 1. The average Bonchev–Trinajstić information content (AvgIpc) is 3.18. The van der Waals surface area contributed by atoms with E-state index in [0.29, 0.717) is 17.2 Å². The number of benzene rings is 2. The van der Waals surface area contributed by atoms with Gasteiger partial charge in [-0.3, -0.25) is 4.79 Å². The minimum absolute atomic E-state index is 0.0581. The molecule has 0 saturated heterocycles. The van der Waals surface area contributed by atoms with Crippen molar-refractivity contribution in [1.29, 1.82) is 0 Å². The summed E-state index contributed by atoms with van der Waals surface area (Å²) >= 11 is 0. The highest BCUT2D eigenvalue weighted by Gasteiger charge is 2.30. The molecule has 0 aliphatic rings. The number of rotatable bonds is 5. The summed E-state index contributed by atoms with van der Waals surface area (Å²) in [6, 6.07) is 12.4. The van der Waals surface area contributed by atoms with E-state index in [9.17, 15) is 18.0 Å². The molecule has 0 atom stereocenters. The number of furan rings is 1. The zero-order valence-corrected chi connectivity index (χ0v) is 15.0. The van der Waals surface area contributed by atoms with Crippen LogP contribution >= 0.6 is 0 Å². The first kappa shape index (κ1) is 19.3. The Bertz CT molecular complexity index is 995. The molecule has 28 heavy (non-hydrogen) atoms. The standard InChI is InChI=1S/C20H16F3NO4/c1-26-14-6-7-17(27-2)15(11-14)24-19(25)18-9-8-16(28-18)12-4-3-5-13(10-12)20(21,22)23/h3-11H,1-2H3,(H,24,25). The predicted octanol–water partition coefficient (Wildman–Crippen LogP) is 5.23. The van der Waals surface area contributed by atoms with E-state index in [1.807, 2.05) is 0 Å². The van der Waals surface area contributed by atoms with E-state index in [4.69, 9.17) is 13.9 Å². The molecule has 0 saturated carbocycles. The second-order valence-electron chi connectivity index (χ2n) is 5.76. The van der Waals surface area contributed by atoms with Crippen molar-refractivity contribution >= 4 is 11.6 Å². The van der Waals surface area contributed by atoms with Gasteiger partial charge < -0.3 is 19.2 Å². The van der Waals surface area contributed by atoms with Crippen LogP contribution in [0.3, 0.4) is 0 Å². The van der Waals surface area contributed by atoms with E-state index in [-0.39, 0.29) is 17.1 Å². The highest BCUT2D eigenvalue weighted by atomic mass is 19.4. The lowest BCUT2D eigenvalue weighted by Crippen LogP contribution is -2.11. The molecule has 146 valence electrons. The van der Waals surface area contributed by atoms with Crippen molar-refractivity contribution in [3.05, 3.63) is 65.9 Å². The molecule has 2 aromatic carbocycles. The largest absolute Gasteiger partial charge is 0.497 e. The third-order valence-corrected chi connectivity index (χ3v) is 3.96. The fourth-order valence-corrected chi connectivity index (χ4v) is 2.56. The highest BCUT2D eigenvalue weighted by molar-refractivity contribution is 6.03. The molecule has 1 N–H and O–H groups in total. The van der Waals surface area contributed by atoms with Gasteiger partial charge in [-0.15, -0.1) is 0 Å². The van der Waals surface area contributed by atoms with E-state index in [1.54, 1.807) is 18.2 Å². The molecule has 8 heteroatoms. The van der Waals surface area contributed by atoms with Crippen LogP contribution in [0.15, 0.2) is 59.0 Å². The van der Waals surface area contributed by atoms with Crippen molar-refractivity contribution in [3.8, 4) is 22.8 Å². The van der Waals surface area contributed by atoms with Crippen molar-refractivity contribution in [2.24, 2.45) is 0 Å². The van der Waals surface area contributed by atoms with Gasteiger partial charge in [0.05, 0.1) is 25.5 Å². The molecule has 0 aliphatic carbocycles. The van der Waals surface area contributed by atoms with Crippen molar-refractivity contribution < 1.29 is 31.9 Å². The van der Waals surface area contributed by atoms with Gasteiger partial charge in [-0.2, -0.15) is 13.2 Å². The summed E-state index contributed by atoms with van der Waals surface area (Å²) < 4.78 is 54.4. The van der Waals surface area contributed by atoms with Crippen LogP contribution in [-0.2, 0) is 6.18 Å². The molecule has 0 unspecified atom stereocenters. The topological polar surface area (TPSA) is 60.7 Å². The predicted molar refractivity (Wildman–Crippen MR) is 96.6 cm³/mol. The summed E-state index contributed by atoms with van der Waals surface area (Å²) in [5.41, 5.74) is -0.217. The summed E-state index contributed by atoms with van der Waals surface area (Å²) in [6.07, 6.45) is -4.47. The lowest BCUT2D eigenvalue weighted by Gasteiger charge is -2.11. The monoisotopic (exact) mass is 391 g/mol. The van der Waals surface area contributed by atoms with Gasteiger partial charge in [0.2, 0.25) is 0 Å². The molecule has 0 fully saturated rings. The summed E-state index contributed by atoms with van der Waals surface area (Å²) in [7, 11) is 2.94. The zero-order valence-electron chi connectivity index (χ0n) is 15.0. The molecular weight excluding hydrogens is 375 g/mol. The lowest BCUT2D eigenvalue weighted by molar-refractivity contribution is -0.137. The van der Waals surface area contributed by atoms with Crippen LogP contribution in [0.4, 0.5) is 18.9 Å². The minimum Gasteiger partial charge on any atom is -0.497 e. The zero-order chi connectivity index (χ0) is 20.3. The molecule has 0 aliphatic heterocycles. The average molecular weight is 391 g/mol. The van der Waals surface area contributed by atoms with E-state index in [1.165, 1.54) is 38.5 Å². The molecule has 3 aromatic rings. The van der Waals surface area contributed by atoms with Crippen molar-refractivity contribution in [2.45, 2.75) is 6.18 Å². The Labute approximate surface area is 158 Å². The molecule has 1 heterocycles. The minimum atomic E-state index is -4.47. The molecule has 3 rings (SSSR count). The Morgan fingerprint density at radius 1 is 1.00 bits per heavy atom. The summed E-state index contributed by atoms with van der Waals surface area (Å²) in [4.78, 5) is 12.5. The molecule has 0 bridgehead atoms. The Morgan fingerprint density at radius 3 is 2.46 bits per heavy atom. The molecule has 0 spiro atoms. The maximum Gasteiger partial charge on any atom is 0.416 e. The maximum atomic E-state index is 12.9. The first-order valence-electron chi connectivity index (χ1n) is 8.12. The number of carbonyl (C=O) groups is 1. The van der Waals surface area contributed by atoms with Crippen LogP contribution < -0.4 is 14.8 Å². The van der Waals surface area contributed by atoms with Crippen LogP contribution in [0, 0.1) is 0 Å². The third kappa shape index (κ3) is 4.11. The Hall–Kier alpha value is -3.42. The fraction of sp³-hybridized carbons (Fsp3) is 0.150. The van der Waals surface area contributed by atoms with Gasteiger partial charge in [-0.05, 0) is 36.4 Å². The third-order valence-electron chi connectivity index (χ3n) is 3.96. The maximum absolute atomic E-state index is 12.9. The van der Waals surface area contributed by atoms with Crippen molar-refractivity contribution in [1.82, 2.24) is 0 Å². The first-order chi connectivity index (χ1) is 13.3.